The van der Waals surface area contributed by atoms with Crippen molar-refractivity contribution in [3.05, 3.63) is 0 Å². The summed E-state index contributed by atoms with van der Waals surface area (Å²) in [5.74, 6) is 1.08. The molecule has 5 fully saturated rings. The first-order chi connectivity index (χ1) is 5.98. The van der Waals surface area contributed by atoms with E-state index in [0.29, 0.717) is 10.8 Å². The van der Waals surface area contributed by atoms with Gasteiger partial charge in [-0.2, -0.15) is 0 Å². The second kappa shape index (κ2) is 1.99. The third kappa shape index (κ3) is 0.789. The molecule has 0 aromatic heterocycles. The van der Waals surface area contributed by atoms with E-state index in [1.807, 2.05) is 0 Å². The van der Waals surface area contributed by atoms with Gasteiger partial charge in [0.15, 0.2) is 0 Å². The SMILES string of the molecule is C[C@@]12CC[C@]3(C)CC1CC[C@]3(C)C2. The molecule has 5 aliphatic rings. The molecule has 5 aliphatic carbocycles. The molecule has 0 heterocycles. The van der Waals surface area contributed by atoms with Gasteiger partial charge in [-0.3, -0.25) is 0 Å². The van der Waals surface area contributed by atoms with Crippen LogP contribution in [-0.4, -0.2) is 0 Å². The first kappa shape index (κ1) is 8.32. The molecule has 0 saturated heterocycles. The second-order valence-corrected chi connectivity index (χ2v) is 6.89. The van der Waals surface area contributed by atoms with E-state index in [1.54, 1.807) is 6.42 Å². The maximum Gasteiger partial charge on any atom is -0.0266 e. The standard InChI is InChI=1S/C13H22/c1-11-6-7-12(2)8-10(11)4-5-13(12,3)9-11/h10H,4-9H2,1-3H3/t10?,11-,12+,13+/m0/s1. The fourth-order valence-corrected chi connectivity index (χ4v) is 4.88. The van der Waals surface area contributed by atoms with Crippen molar-refractivity contribution in [3.63, 3.8) is 0 Å². The van der Waals surface area contributed by atoms with Crippen LogP contribution in [0.2, 0.25) is 0 Å². The van der Waals surface area contributed by atoms with Crippen molar-refractivity contribution in [2.45, 2.75) is 59.3 Å². The van der Waals surface area contributed by atoms with Gasteiger partial charge in [-0.15, -0.1) is 0 Å². The van der Waals surface area contributed by atoms with Gasteiger partial charge >= 0.3 is 0 Å². The smallest absolute Gasteiger partial charge is 0.0266 e. The van der Waals surface area contributed by atoms with Crippen LogP contribution < -0.4 is 0 Å². The van der Waals surface area contributed by atoms with Gasteiger partial charge in [-0.05, 0) is 60.7 Å². The summed E-state index contributed by atoms with van der Waals surface area (Å²) in [6, 6.07) is 0. The van der Waals surface area contributed by atoms with Gasteiger partial charge < -0.3 is 0 Å². The Morgan fingerprint density at radius 1 is 0.923 bits per heavy atom. The van der Waals surface area contributed by atoms with E-state index >= 15 is 0 Å². The molecule has 0 heteroatoms. The van der Waals surface area contributed by atoms with Crippen molar-refractivity contribution < 1.29 is 0 Å². The summed E-state index contributed by atoms with van der Waals surface area (Å²) in [6.45, 7) is 7.70. The summed E-state index contributed by atoms with van der Waals surface area (Å²) in [5.41, 5.74) is 2.16. The summed E-state index contributed by atoms with van der Waals surface area (Å²) in [5, 5.41) is 0. The van der Waals surface area contributed by atoms with Crippen LogP contribution in [0.15, 0.2) is 0 Å². The minimum absolute atomic E-state index is 0.703. The highest BCUT2D eigenvalue weighted by molar-refractivity contribution is 5.13. The van der Waals surface area contributed by atoms with Gasteiger partial charge in [-0.1, -0.05) is 20.8 Å². The Kier molecular flexibility index (Phi) is 1.27. The lowest BCUT2D eigenvalue weighted by Crippen LogP contribution is -2.59. The summed E-state index contributed by atoms with van der Waals surface area (Å²) >= 11 is 0. The minimum atomic E-state index is 0.703. The van der Waals surface area contributed by atoms with Crippen molar-refractivity contribution in [1.29, 1.82) is 0 Å². The minimum Gasteiger partial charge on any atom is -0.0594 e. The van der Waals surface area contributed by atoms with Crippen LogP contribution in [0.3, 0.4) is 0 Å². The molecule has 0 aromatic carbocycles. The molecular formula is C13H22. The average molecular weight is 178 g/mol. The fraction of sp³-hybridized carbons (Fsp3) is 1.00. The molecule has 4 atom stereocenters. The summed E-state index contributed by atoms with van der Waals surface area (Å²) in [6.07, 6.45) is 9.15. The number of hydrogen-bond acceptors (Lipinski definition) is 0. The van der Waals surface area contributed by atoms with Gasteiger partial charge in [0.1, 0.15) is 0 Å². The van der Waals surface area contributed by atoms with Crippen LogP contribution in [0.25, 0.3) is 0 Å². The topological polar surface area (TPSA) is 0 Å². The predicted octanol–water partition coefficient (Wildman–Crippen LogP) is 4.00. The third-order valence-electron chi connectivity index (χ3n) is 6.23. The molecule has 0 amide bonds. The maximum atomic E-state index is 2.57. The van der Waals surface area contributed by atoms with Crippen molar-refractivity contribution in [2.24, 2.45) is 22.2 Å². The van der Waals surface area contributed by atoms with E-state index in [9.17, 15) is 0 Å². The molecule has 0 nitrogen and oxygen atoms in total. The quantitative estimate of drug-likeness (QED) is 0.526. The Morgan fingerprint density at radius 2 is 1.69 bits per heavy atom. The Balaban J connectivity index is 2.09. The van der Waals surface area contributed by atoms with Crippen LogP contribution in [-0.2, 0) is 0 Å². The molecule has 4 bridgehead atoms. The summed E-state index contributed by atoms with van der Waals surface area (Å²) in [7, 11) is 0. The maximum absolute atomic E-state index is 2.57. The number of hydrogen-bond donors (Lipinski definition) is 0. The Labute approximate surface area is 82.1 Å². The first-order valence-corrected chi connectivity index (χ1v) is 5.98. The Bertz CT molecular complexity index is 257. The van der Waals surface area contributed by atoms with Crippen LogP contribution >= 0.6 is 0 Å². The lowest BCUT2D eigenvalue weighted by atomic mass is 9.36. The molecule has 0 N–H and O–H groups in total. The Hall–Kier alpha value is 0. The van der Waals surface area contributed by atoms with Crippen molar-refractivity contribution in [1.82, 2.24) is 0 Å². The molecule has 1 unspecified atom stereocenters. The summed E-state index contributed by atoms with van der Waals surface area (Å²) < 4.78 is 0. The van der Waals surface area contributed by atoms with Gasteiger partial charge in [0.2, 0.25) is 0 Å². The van der Waals surface area contributed by atoms with Crippen LogP contribution in [0, 0.1) is 22.2 Å². The monoisotopic (exact) mass is 178 g/mol. The van der Waals surface area contributed by atoms with Gasteiger partial charge in [0, 0.05) is 0 Å². The van der Waals surface area contributed by atoms with Gasteiger partial charge in [-0.25, -0.2) is 0 Å². The van der Waals surface area contributed by atoms with E-state index in [0.717, 1.165) is 11.3 Å². The number of fused-ring (bicyclic) bond motifs is 2. The van der Waals surface area contributed by atoms with Crippen LogP contribution in [0.5, 0.6) is 0 Å². The molecule has 0 radical (unpaired) electrons. The van der Waals surface area contributed by atoms with Crippen LogP contribution in [0.4, 0.5) is 0 Å². The highest BCUT2D eigenvalue weighted by Crippen LogP contribution is 2.73. The first-order valence-electron chi connectivity index (χ1n) is 5.98. The molecule has 74 valence electrons. The molecule has 5 saturated carbocycles. The molecule has 0 aliphatic heterocycles. The lowest BCUT2D eigenvalue weighted by molar-refractivity contribution is -0.190. The van der Waals surface area contributed by atoms with Gasteiger partial charge in [0.25, 0.3) is 0 Å². The van der Waals surface area contributed by atoms with E-state index in [2.05, 4.69) is 20.8 Å². The highest BCUT2D eigenvalue weighted by atomic mass is 14.7. The van der Waals surface area contributed by atoms with E-state index in [1.165, 1.54) is 32.1 Å². The van der Waals surface area contributed by atoms with Crippen molar-refractivity contribution in [2.75, 3.05) is 0 Å². The fourth-order valence-electron chi connectivity index (χ4n) is 4.88. The van der Waals surface area contributed by atoms with E-state index in [-0.39, 0.29) is 0 Å². The zero-order valence-corrected chi connectivity index (χ0v) is 9.32. The molecule has 0 aromatic rings. The average Bonchev–Trinajstić information content (AvgIpc) is 2.05. The highest BCUT2D eigenvalue weighted by Gasteiger charge is 2.63. The zero-order valence-electron chi connectivity index (χ0n) is 9.32. The molecule has 13 heavy (non-hydrogen) atoms. The Morgan fingerprint density at radius 3 is 2.31 bits per heavy atom. The summed E-state index contributed by atoms with van der Waals surface area (Å²) in [4.78, 5) is 0. The second-order valence-electron chi connectivity index (χ2n) is 6.89. The van der Waals surface area contributed by atoms with Gasteiger partial charge in [0.05, 0.1) is 0 Å². The normalized spacial score (nSPS) is 64.4. The molecule has 5 rings (SSSR count). The largest absolute Gasteiger partial charge is 0.0594 e. The number of rotatable bonds is 0. The van der Waals surface area contributed by atoms with E-state index < -0.39 is 0 Å². The zero-order chi connectivity index (χ0) is 9.32. The van der Waals surface area contributed by atoms with E-state index in [4.69, 9.17) is 0 Å². The molecule has 0 spiro atoms. The third-order valence-corrected chi connectivity index (χ3v) is 6.23. The predicted molar refractivity (Wildman–Crippen MR) is 55.5 cm³/mol. The lowest BCUT2D eigenvalue weighted by Gasteiger charge is -2.69. The molecular weight excluding hydrogens is 156 g/mol. The van der Waals surface area contributed by atoms with Crippen molar-refractivity contribution in [3.8, 4) is 0 Å². The van der Waals surface area contributed by atoms with Crippen LogP contribution in [0.1, 0.15) is 59.3 Å². The van der Waals surface area contributed by atoms with Crippen molar-refractivity contribution >= 4 is 0 Å².